The van der Waals surface area contributed by atoms with Crippen molar-refractivity contribution >= 4 is 34.8 Å². The second kappa shape index (κ2) is 9.37. The van der Waals surface area contributed by atoms with Gasteiger partial charge in [-0.1, -0.05) is 0 Å². The molecule has 1 N–H and O–H groups in total. The standard InChI is InChI=1S/C26H30N4O4/c1-34-20-10-8-19(9-11-20)27-24(31)17-30-23-16-18(25(32)28-13-4-5-14-28)7-12-21(23)29-15-3-2-6-22(29)26(30)33/h7-12,16,22H,2-6,13-15,17H2,1H3,(H,27,31). The molecule has 3 heterocycles. The van der Waals surface area contributed by atoms with Crippen LogP contribution in [0, 0.1) is 0 Å². The lowest BCUT2D eigenvalue weighted by molar-refractivity contribution is -0.123. The van der Waals surface area contributed by atoms with E-state index in [-0.39, 0.29) is 30.3 Å². The molecule has 0 aromatic heterocycles. The van der Waals surface area contributed by atoms with Crippen LogP contribution >= 0.6 is 0 Å². The first-order valence-electron chi connectivity index (χ1n) is 12.0. The van der Waals surface area contributed by atoms with E-state index in [9.17, 15) is 14.4 Å². The van der Waals surface area contributed by atoms with Crippen molar-refractivity contribution in [2.24, 2.45) is 0 Å². The summed E-state index contributed by atoms with van der Waals surface area (Å²) >= 11 is 0. The van der Waals surface area contributed by atoms with Crippen LogP contribution in [0.15, 0.2) is 42.5 Å². The number of methoxy groups -OCH3 is 1. The summed E-state index contributed by atoms with van der Waals surface area (Å²) in [7, 11) is 1.59. The molecule has 0 bridgehead atoms. The van der Waals surface area contributed by atoms with Crippen LogP contribution in [-0.4, -0.2) is 62.0 Å². The Kier molecular flexibility index (Phi) is 6.13. The molecule has 0 radical (unpaired) electrons. The van der Waals surface area contributed by atoms with Gasteiger partial charge in [-0.2, -0.15) is 0 Å². The zero-order valence-electron chi connectivity index (χ0n) is 19.5. The molecule has 5 rings (SSSR count). The molecule has 34 heavy (non-hydrogen) atoms. The van der Waals surface area contributed by atoms with Gasteiger partial charge in [0.05, 0.1) is 18.5 Å². The van der Waals surface area contributed by atoms with Crippen LogP contribution < -0.4 is 19.9 Å². The SMILES string of the molecule is COc1ccc(NC(=O)CN2C(=O)C3CCCCN3c3ccc(C(=O)N4CCCC4)cc32)cc1. The van der Waals surface area contributed by atoms with Gasteiger partial charge in [-0.05, 0) is 74.6 Å². The summed E-state index contributed by atoms with van der Waals surface area (Å²) in [6.07, 6.45) is 4.81. The lowest BCUT2D eigenvalue weighted by Crippen LogP contribution is -2.56. The third-order valence-electron chi connectivity index (χ3n) is 6.95. The molecule has 0 saturated carbocycles. The molecule has 3 aliphatic rings. The molecule has 3 amide bonds. The monoisotopic (exact) mass is 462 g/mol. The highest BCUT2D eigenvalue weighted by atomic mass is 16.5. The normalized spacial score (nSPS) is 19.5. The van der Waals surface area contributed by atoms with Gasteiger partial charge in [0.15, 0.2) is 0 Å². The summed E-state index contributed by atoms with van der Waals surface area (Å²) in [5.74, 6) is 0.315. The Labute approximate surface area is 199 Å². The van der Waals surface area contributed by atoms with Crippen molar-refractivity contribution in [3.8, 4) is 5.75 Å². The maximum atomic E-state index is 13.5. The fraction of sp³-hybridized carbons (Fsp3) is 0.423. The number of piperidine rings is 1. The van der Waals surface area contributed by atoms with E-state index in [1.54, 1.807) is 42.3 Å². The second-order valence-corrected chi connectivity index (χ2v) is 9.11. The minimum Gasteiger partial charge on any atom is -0.497 e. The molecular weight excluding hydrogens is 432 g/mol. The van der Waals surface area contributed by atoms with Gasteiger partial charge in [0.1, 0.15) is 18.3 Å². The van der Waals surface area contributed by atoms with Gasteiger partial charge in [0.2, 0.25) is 11.8 Å². The van der Waals surface area contributed by atoms with Crippen molar-refractivity contribution in [1.82, 2.24) is 4.90 Å². The Morgan fingerprint density at radius 2 is 1.71 bits per heavy atom. The van der Waals surface area contributed by atoms with E-state index in [1.165, 1.54) is 0 Å². The van der Waals surface area contributed by atoms with Gasteiger partial charge in [-0.3, -0.25) is 19.3 Å². The molecule has 0 aliphatic carbocycles. The molecule has 0 spiro atoms. The highest BCUT2D eigenvalue weighted by molar-refractivity contribution is 6.11. The van der Waals surface area contributed by atoms with E-state index in [0.29, 0.717) is 22.7 Å². The number of carbonyl (C=O) groups is 3. The quantitative estimate of drug-likeness (QED) is 0.738. The van der Waals surface area contributed by atoms with Crippen LogP contribution in [0.4, 0.5) is 17.1 Å². The smallest absolute Gasteiger partial charge is 0.253 e. The highest BCUT2D eigenvalue weighted by Gasteiger charge is 2.40. The molecule has 1 atom stereocenters. The van der Waals surface area contributed by atoms with Crippen LogP contribution in [0.3, 0.4) is 0 Å². The Balaban J connectivity index is 1.43. The maximum Gasteiger partial charge on any atom is 0.253 e. The van der Waals surface area contributed by atoms with Crippen LogP contribution in [-0.2, 0) is 9.59 Å². The number of hydrogen-bond donors (Lipinski definition) is 1. The van der Waals surface area contributed by atoms with E-state index in [0.717, 1.165) is 57.4 Å². The Hall–Kier alpha value is -3.55. The molecule has 2 saturated heterocycles. The Bertz CT molecular complexity index is 1090. The van der Waals surface area contributed by atoms with E-state index in [4.69, 9.17) is 4.74 Å². The summed E-state index contributed by atoms with van der Waals surface area (Å²) in [5.41, 5.74) is 2.75. The molecule has 1 unspecified atom stereocenters. The van der Waals surface area contributed by atoms with E-state index >= 15 is 0 Å². The summed E-state index contributed by atoms with van der Waals surface area (Å²) in [6.45, 7) is 2.21. The zero-order valence-corrected chi connectivity index (χ0v) is 19.5. The number of carbonyl (C=O) groups excluding carboxylic acids is 3. The molecule has 2 aromatic rings. The summed E-state index contributed by atoms with van der Waals surface area (Å²) in [6, 6.07) is 12.4. The van der Waals surface area contributed by atoms with Gasteiger partial charge in [0.25, 0.3) is 5.91 Å². The number of hydrogen-bond acceptors (Lipinski definition) is 5. The molecule has 8 heteroatoms. The van der Waals surface area contributed by atoms with Gasteiger partial charge >= 0.3 is 0 Å². The Morgan fingerprint density at radius 1 is 0.971 bits per heavy atom. The summed E-state index contributed by atoms with van der Waals surface area (Å²) in [4.78, 5) is 45.1. The van der Waals surface area contributed by atoms with Crippen molar-refractivity contribution in [2.45, 2.75) is 38.1 Å². The first-order chi connectivity index (χ1) is 16.5. The van der Waals surface area contributed by atoms with Crippen LogP contribution in [0.1, 0.15) is 42.5 Å². The van der Waals surface area contributed by atoms with Crippen LogP contribution in [0.25, 0.3) is 0 Å². The second-order valence-electron chi connectivity index (χ2n) is 9.11. The number of rotatable bonds is 5. The molecule has 2 fully saturated rings. The number of benzene rings is 2. The minimum absolute atomic E-state index is 0.0175. The first kappa shape index (κ1) is 22.3. The number of anilines is 3. The number of amides is 3. The van der Waals surface area contributed by atoms with Crippen molar-refractivity contribution < 1.29 is 19.1 Å². The number of fused-ring (bicyclic) bond motifs is 3. The number of nitrogens with zero attached hydrogens (tertiary/aromatic N) is 3. The topological polar surface area (TPSA) is 82.2 Å². The fourth-order valence-electron chi connectivity index (χ4n) is 5.18. The Morgan fingerprint density at radius 3 is 2.44 bits per heavy atom. The van der Waals surface area contributed by atoms with Gasteiger partial charge in [0, 0.05) is 30.9 Å². The molecule has 2 aromatic carbocycles. The van der Waals surface area contributed by atoms with Crippen molar-refractivity contribution in [3.63, 3.8) is 0 Å². The minimum atomic E-state index is -0.287. The average molecular weight is 463 g/mol. The number of ether oxygens (including phenoxy) is 1. The lowest BCUT2D eigenvalue weighted by atomic mass is 9.95. The van der Waals surface area contributed by atoms with Crippen molar-refractivity contribution in [3.05, 3.63) is 48.0 Å². The van der Waals surface area contributed by atoms with Gasteiger partial charge in [-0.15, -0.1) is 0 Å². The number of nitrogens with one attached hydrogen (secondary N) is 1. The molecule has 8 nitrogen and oxygen atoms in total. The zero-order chi connectivity index (χ0) is 23.7. The third-order valence-corrected chi connectivity index (χ3v) is 6.95. The predicted octanol–water partition coefficient (Wildman–Crippen LogP) is 3.28. The largest absolute Gasteiger partial charge is 0.497 e. The summed E-state index contributed by atoms with van der Waals surface area (Å²) < 4.78 is 5.17. The fourth-order valence-corrected chi connectivity index (χ4v) is 5.18. The highest BCUT2D eigenvalue weighted by Crippen LogP contribution is 2.40. The van der Waals surface area contributed by atoms with E-state index in [2.05, 4.69) is 10.2 Å². The first-order valence-corrected chi connectivity index (χ1v) is 12.0. The maximum absolute atomic E-state index is 13.5. The molecular formula is C26H30N4O4. The average Bonchev–Trinajstić information content (AvgIpc) is 3.41. The number of likely N-dealkylation sites (tertiary alicyclic amines) is 1. The van der Waals surface area contributed by atoms with Crippen LogP contribution in [0.2, 0.25) is 0 Å². The van der Waals surface area contributed by atoms with Crippen LogP contribution in [0.5, 0.6) is 5.75 Å². The van der Waals surface area contributed by atoms with E-state index in [1.807, 2.05) is 17.0 Å². The molecule has 3 aliphatic heterocycles. The predicted molar refractivity (Wildman–Crippen MR) is 131 cm³/mol. The lowest BCUT2D eigenvalue weighted by Gasteiger charge is -2.45. The van der Waals surface area contributed by atoms with Crippen molar-refractivity contribution in [2.75, 3.05) is 48.4 Å². The van der Waals surface area contributed by atoms with Crippen molar-refractivity contribution in [1.29, 1.82) is 0 Å². The van der Waals surface area contributed by atoms with Gasteiger partial charge in [-0.25, -0.2) is 0 Å². The van der Waals surface area contributed by atoms with Gasteiger partial charge < -0.3 is 19.9 Å². The third kappa shape index (κ3) is 4.20. The van der Waals surface area contributed by atoms with E-state index < -0.39 is 0 Å². The summed E-state index contributed by atoms with van der Waals surface area (Å²) in [5, 5.41) is 2.87. The molecule has 178 valence electrons.